The summed E-state index contributed by atoms with van der Waals surface area (Å²) >= 11 is 0. The van der Waals surface area contributed by atoms with Gasteiger partial charge in [-0.25, -0.2) is 14.4 Å². The van der Waals surface area contributed by atoms with Crippen molar-refractivity contribution in [2.75, 3.05) is 7.11 Å². The van der Waals surface area contributed by atoms with Gasteiger partial charge < -0.3 is 14.5 Å². The standard InChI is InChI=1S/C19H14FN3O2/c1-24-13-6-4-5-12(9-13)18-21-10-14-17(11-22-19(14)23-18)25-16-8-3-2-7-15(16)20/h2-11H,1H3,(H,21,22,23). The largest absolute Gasteiger partial charge is 0.497 e. The Morgan fingerprint density at radius 1 is 1.04 bits per heavy atom. The molecule has 0 saturated heterocycles. The molecular formula is C19H14FN3O2. The molecule has 0 saturated carbocycles. The van der Waals surface area contributed by atoms with Crippen LogP contribution >= 0.6 is 0 Å². The highest BCUT2D eigenvalue weighted by atomic mass is 19.1. The monoisotopic (exact) mass is 335 g/mol. The molecule has 0 bridgehead atoms. The molecule has 4 rings (SSSR count). The third kappa shape index (κ3) is 2.89. The van der Waals surface area contributed by atoms with Gasteiger partial charge in [-0.3, -0.25) is 0 Å². The normalized spacial score (nSPS) is 10.8. The third-order valence-electron chi connectivity index (χ3n) is 3.78. The summed E-state index contributed by atoms with van der Waals surface area (Å²) in [6.45, 7) is 0. The molecule has 124 valence electrons. The summed E-state index contributed by atoms with van der Waals surface area (Å²) in [5, 5.41) is 0.676. The molecule has 0 aliphatic heterocycles. The molecule has 0 unspecified atom stereocenters. The smallest absolute Gasteiger partial charge is 0.165 e. The van der Waals surface area contributed by atoms with Crippen LogP contribution in [0.1, 0.15) is 0 Å². The van der Waals surface area contributed by atoms with E-state index in [1.165, 1.54) is 6.07 Å². The number of aromatic amines is 1. The number of aromatic nitrogens is 3. The Morgan fingerprint density at radius 2 is 1.92 bits per heavy atom. The zero-order valence-electron chi connectivity index (χ0n) is 13.4. The van der Waals surface area contributed by atoms with Gasteiger partial charge in [-0.05, 0) is 24.3 Å². The van der Waals surface area contributed by atoms with Gasteiger partial charge in [-0.1, -0.05) is 24.3 Å². The molecule has 0 fully saturated rings. The third-order valence-corrected chi connectivity index (χ3v) is 3.78. The number of ether oxygens (including phenoxy) is 2. The molecule has 0 aliphatic rings. The van der Waals surface area contributed by atoms with Crippen LogP contribution in [-0.2, 0) is 0 Å². The molecule has 2 heterocycles. The average Bonchev–Trinajstić information content (AvgIpc) is 3.06. The summed E-state index contributed by atoms with van der Waals surface area (Å²) in [5.41, 5.74) is 1.45. The van der Waals surface area contributed by atoms with Gasteiger partial charge in [0.05, 0.1) is 12.5 Å². The lowest BCUT2D eigenvalue weighted by molar-refractivity contribution is 0.415. The fraction of sp³-hybridized carbons (Fsp3) is 0.0526. The molecule has 0 radical (unpaired) electrons. The highest BCUT2D eigenvalue weighted by molar-refractivity contribution is 5.83. The second-order valence-electron chi connectivity index (χ2n) is 5.37. The van der Waals surface area contributed by atoms with Crippen molar-refractivity contribution in [2.45, 2.75) is 0 Å². The van der Waals surface area contributed by atoms with Crippen molar-refractivity contribution in [1.82, 2.24) is 15.0 Å². The number of fused-ring (bicyclic) bond motifs is 1. The number of rotatable bonds is 4. The van der Waals surface area contributed by atoms with Gasteiger partial charge in [0.15, 0.2) is 23.1 Å². The van der Waals surface area contributed by atoms with Crippen LogP contribution < -0.4 is 9.47 Å². The molecule has 0 spiro atoms. The maximum Gasteiger partial charge on any atom is 0.165 e. The Hall–Kier alpha value is -3.41. The summed E-state index contributed by atoms with van der Waals surface area (Å²) in [7, 11) is 1.61. The van der Waals surface area contributed by atoms with Crippen LogP contribution in [0.5, 0.6) is 17.2 Å². The minimum Gasteiger partial charge on any atom is -0.497 e. The average molecular weight is 335 g/mol. The molecular weight excluding hydrogens is 321 g/mol. The van der Waals surface area contributed by atoms with Crippen molar-refractivity contribution in [3.05, 3.63) is 66.7 Å². The van der Waals surface area contributed by atoms with Gasteiger partial charge in [0.2, 0.25) is 0 Å². The minimum atomic E-state index is -0.425. The van der Waals surface area contributed by atoms with Gasteiger partial charge >= 0.3 is 0 Å². The number of hydrogen-bond donors (Lipinski definition) is 1. The zero-order valence-corrected chi connectivity index (χ0v) is 13.4. The Labute approximate surface area is 143 Å². The van der Waals surface area contributed by atoms with E-state index in [1.807, 2.05) is 24.3 Å². The SMILES string of the molecule is COc1cccc(-c2ncc3c(Oc4ccccc4F)c[nH]c3n2)c1. The molecule has 0 aliphatic carbocycles. The van der Waals surface area contributed by atoms with Crippen molar-refractivity contribution in [1.29, 1.82) is 0 Å². The van der Waals surface area contributed by atoms with Crippen LogP contribution in [0.3, 0.4) is 0 Å². The van der Waals surface area contributed by atoms with Gasteiger partial charge in [-0.15, -0.1) is 0 Å². The minimum absolute atomic E-state index is 0.153. The lowest BCUT2D eigenvalue weighted by Crippen LogP contribution is -1.91. The maximum absolute atomic E-state index is 13.8. The van der Waals surface area contributed by atoms with Crippen LogP contribution in [0.4, 0.5) is 4.39 Å². The van der Waals surface area contributed by atoms with Gasteiger partial charge in [0, 0.05) is 18.0 Å². The van der Waals surface area contributed by atoms with Gasteiger partial charge in [0.25, 0.3) is 0 Å². The predicted molar refractivity (Wildman–Crippen MR) is 92.4 cm³/mol. The molecule has 5 nitrogen and oxygen atoms in total. The van der Waals surface area contributed by atoms with E-state index in [4.69, 9.17) is 9.47 Å². The van der Waals surface area contributed by atoms with E-state index in [0.717, 1.165) is 11.3 Å². The second-order valence-corrected chi connectivity index (χ2v) is 5.37. The number of H-pyrrole nitrogens is 1. The van der Waals surface area contributed by atoms with Crippen LogP contribution in [-0.4, -0.2) is 22.1 Å². The van der Waals surface area contributed by atoms with Gasteiger partial charge in [0.1, 0.15) is 11.4 Å². The Balaban J connectivity index is 1.70. The number of benzene rings is 2. The number of para-hydroxylation sites is 1. The van der Waals surface area contributed by atoms with Gasteiger partial charge in [-0.2, -0.15) is 0 Å². The van der Waals surface area contributed by atoms with Crippen molar-refractivity contribution in [3.63, 3.8) is 0 Å². The van der Waals surface area contributed by atoms with E-state index < -0.39 is 5.82 Å². The summed E-state index contributed by atoms with van der Waals surface area (Å²) < 4.78 is 24.6. The predicted octanol–water partition coefficient (Wildman–Crippen LogP) is 4.56. The number of methoxy groups -OCH3 is 1. The van der Waals surface area contributed by atoms with Crippen molar-refractivity contribution >= 4 is 11.0 Å². The van der Waals surface area contributed by atoms with Crippen LogP contribution in [0.25, 0.3) is 22.4 Å². The Kier molecular flexibility index (Phi) is 3.78. The van der Waals surface area contributed by atoms with E-state index >= 15 is 0 Å². The van der Waals surface area contributed by atoms with Crippen LogP contribution in [0.2, 0.25) is 0 Å². The molecule has 2 aromatic carbocycles. The lowest BCUT2D eigenvalue weighted by Gasteiger charge is -2.05. The topological polar surface area (TPSA) is 60.0 Å². The highest BCUT2D eigenvalue weighted by Gasteiger charge is 2.12. The van der Waals surface area contributed by atoms with E-state index in [-0.39, 0.29) is 5.75 Å². The maximum atomic E-state index is 13.8. The zero-order chi connectivity index (χ0) is 17.2. The first-order valence-electron chi connectivity index (χ1n) is 7.65. The Bertz CT molecular complexity index is 1050. The lowest BCUT2D eigenvalue weighted by atomic mass is 10.2. The summed E-state index contributed by atoms with van der Waals surface area (Å²) in [4.78, 5) is 11.9. The number of hydrogen-bond acceptors (Lipinski definition) is 4. The van der Waals surface area contributed by atoms with E-state index in [0.29, 0.717) is 22.6 Å². The molecule has 6 heteroatoms. The fourth-order valence-corrected chi connectivity index (χ4v) is 2.52. The molecule has 0 atom stereocenters. The molecule has 0 amide bonds. The molecule has 2 aromatic heterocycles. The van der Waals surface area contributed by atoms with Crippen molar-refractivity contribution < 1.29 is 13.9 Å². The number of halogens is 1. The summed E-state index contributed by atoms with van der Waals surface area (Å²) in [6, 6.07) is 13.7. The van der Waals surface area contributed by atoms with Crippen LogP contribution in [0, 0.1) is 5.82 Å². The highest BCUT2D eigenvalue weighted by Crippen LogP contribution is 2.31. The number of nitrogens with one attached hydrogen (secondary N) is 1. The quantitative estimate of drug-likeness (QED) is 0.594. The van der Waals surface area contributed by atoms with Crippen LogP contribution in [0.15, 0.2) is 60.9 Å². The van der Waals surface area contributed by atoms with E-state index in [2.05, 4.69) is 15.0 Å². The number of nitrogens with zero attached hydrogens (tertiary/aromatic N) is 2. The fourth-order valence-electron chi connectivity index (χ4n) is 2.52. The Morgan fingerprint density at radius 3 is 2.76 bits per heavy atom. The molecule has 1 N–H and O–H groups in total. The summed E-state index contributed by atoms with van der Waals surface area (Å²) in [6.07, 6.45) is 3.30. The first kappa shape index (κ1) is 15.1. The van der Waals surface area contributed by atoms with E-state index in [9.17, 15) is 4.39 Å². The summed E-state index contributed by atoms with van der Waals surface area (Å²) in [5.74, 6) is 1.49. The van der Waals surface area contributed by atoms with E-state index in [1.54, 1.807) is 37.7 Å². The first-order valence-corrected chi connectivity index (χ1v) is 7.65. The first-order chi connectivity index (χ1) is 12.2. The van der Waals surface area contributed by atoms with Crippen molar-refractivity contribution in [3.8, 4) is 28.6 Å². The van der Waals surface area contributed by atoms with Crippen molar-refractivity contribution in [2.24, 2.45) is 0 Å². The molecule has 25 heavy (non-hydrogen) atoms. The molecule has 4 aromatic rings. The second kappa shape index (κ2) is 6.24.